The highest BCUT2D eigenvalue weighted by molar-refractivity contribution is 8.13. The number of halogens is 1. The summed E-state index contributed by atoms with van der Waals surface area (Å²) in [6.45, 7) is 3.37. The number of aromatic nitrogens is 2. The van der Waals surface area contributed by atoms with E-state index in [2.05, 4.69) is 4.98 Å². The maximum absolute atomic E-state index is 11.7. The molecule has 112 valence electrons. The molecule has 0 fully saturated rings. The minimum atomic E-state index is -3.99. The lowest BCUT2D eigenvalue weighted by Crippen LogP contribution is -2.39. The van der Waals surface area contributed by atoms with Gasteiger partial charge in [-0.25, -0.2) is 18.2 Å². The summed E-state index contributed by atoms with van der Waals surface area (Å²) < 4.78 is 23.9. The van der Waals surface area contributed by atoms with E-state index in [0.717, 1.165) is 0 Å². The van der Waals surface area contributed by atoms with Gasteiger partial charge < -0.3 is 10.3 Å². The molecule has 1 aromatic heterocycles. The lowest BCUT2D eigenvalue weighted by atomic mass is 10.2. The Morgan fingerprint density at radius 1 is 1.55 bits per heavy atom. The molecule has 1 rings (SSSR count). The molecule has 0 aromatic carbocycles. The summed E-state index contributed by atoms with van der Waals surface area (Å²) >= 11 is 0. The van der Waals surface area contributed by atoms with Crippen molar-refractivity contribution in [3.8, 4) is 0 Å². The second-order valence-electron chi connectivity index (χ2n) is 4.12. The zero-order valence-electron chi connectivity index (χ0n) is 11.0. The summed E-state index contributed by atoms with van der Waals surface area (Å²) in [7, 11) is 1.25. The van der Waals surface area contributed by atoms with Crippen LogP contribution in [-0.4, -0.2) is 29.9 Å². The summed E-state index contributed by atoms with van der Waals surface area (Å²) in [4.78, 5) is 26.3. The second kappa shape index (κ2) is 6.23. The third-order valence-electron chi connectivity index (χ3n) is 2.55. The molecule has 0 saturated carbocycles. The van der Waals surface area contributed by atoms with Gasteiger partial charge in [-0.15, -0.1) is 0 Å². The number of imidazole rings is 1. The van der Waals surface area contributed by atoms with Crippen LogP contribution in [0.2, 0.25) is 0 Å². The predicted octanol–water partition coefficient (Wildman–Crippen LogP) is 0.519. The maximum Gasteiger partial charge on any atom is 0.318 e. The maximum atomic E-state index is 11.7. The van der Waals surface area contributed by atoms with Gasteiger partial charge in [0.05, 0.1) is 0 Å². The van der Waals surface area contributed by atoms with E-state index < -0.39 is 27.0 Å². The molecule has 0 saturated heterocycles. The van der Waals surface area contributed by atoms with Crippen LogP contribution >= 0.6 is 10.7 Å². The number of aryl methyl sites for hydroxylation is 1. The Bertz CT molecular complexity index is 625. The molecule has 1 heterocycles. The first-order valence-corrected chi connectivity index (χ1v) is 8.10. The first-order valence-electron chi connectivity index (χ1n) is 5.79. The van der Waals surface area contributed by atoms with Gasteiger partial charge in [-0.3, -0.25) is 10.1 Å². The normalized spacial score (nSPS) is 12.9. The molecular weight excluding hydrogens is 308 g/mol. The third-order valence-corrected chi connectivity index (χ3v) is 3.72. The van der Waals surface area contributed by atoms with Crippen molar-refractivity contribution in [3.63, 3.8) is 0 Å². The summed E-state index contributed by atoms with van der Waals surface area (Å²) in [6.07, 6.45) is 2.32. The first-order chi connectivity index (χ1) is 9.16. The Morgan fingerprint density at radius 3 is 2.60 bits per heavy atom. The van der Waals surface area contributed by atoms with Gasteiger partial charge in [-0.2, -0.15) is 0 Å². The Balaban J connectivity index is 3.18. The first kappa shape index (κ1) is 16.4. The van der Waals surface area contributed by atoms with E-state index in [4.69, 9.17) is 16.4 Å². The molecule has 3 N–H and O–H groups in total. The van der Waals surface area contributed by atoms with Crippen LogP contribution in [0, 0.1) is 0 Å². The van der Waals surface area contributed by atoms with Crippen molar-refractivity contribution in [2.45, 2.75) is 37.8 Å². The number of rotatable bonds is 5. The number of hydrogen-bond donors (Lipinski definition) is 2. The Hall–Kier alpha value is -1.61. The van der Waals surface area contributed by atoms with E-state index in [1.165, 1.54) is 17.7 Å². The fourth-order valence-electron chi connectivity index (χ4n) is 1.62. The fourth-order valence-corrected chi connectivity index (χ4v) is 2.30. The number of nitrogens with two attached hydrogens (primary N) is 1. The number of amides is 3. The molecule has 1 aromatic rings. The summed E-state index contributed by atoms with van der Waals surface area (Å²) in [5.41, 5.74) is 4.87. The van der Waals surface area contributed by atoms with Crippen LogP contribution in [0.3, 0.4) is 0 Å². The van der Waals surface area contributed by atoms with Crippen molar-refractivity contribution in [2.75, 3.05) is 0 Å². The van der Waals surface area contributed by atoms with Gasteiger partial charge in [0, 0.05) is 23.3 Å². The molecule has 3 amide bonds. The third kappa shape index (κ3) is 3.94. The quantitative estimate of drug-likeness (QED) is 0.765. The lowest BCUT2D eigenvalue weighted by Gasteiger charge is -2.14. The van der Waals surface area contributed by atoms with Gasteiger partial charge in [0.1, 0.15) is 11.9 Å². The van der Waals surface area contributed by atoms with Crippen molar-refractivity contribution in [2.24, 2.45) is 5.73 Å². The minimum absolute atomic E-state index is 0.332. The molecule has 0 bridgehead atoms. The minimum Gasteiger partial charge on any atom is -0.351 e. The molecule has 0 radical (unpaired) electrons. The number of nitrogens with zero attached hydrogens (tertiary/aromatic N) is 2. The van der Waals surface area contributed by atoms with Crippen LogP contribution in [0.5, 0.6) is 0 Å². The second-order valence-corrected chi connectivity index (χ2v) is 6.63. The highest BCUT2D eigenvalue weighted by atomic mass is 35.7. The highest BCUT2D eigenvalue weighted by Crippen LogP contribution is 2.19. The van der Waals surface area contributed by atoms with E-state index in [9.17, 15) is 18.0 Å². The number of carbonyl (C=O) groups excluding carboxylic acids is 2. The Morgan fingerprint density at radius 2 is 2.15 bits per heavy atom. The van der Waals surface area contributed by atoms with Gasteiger partial charge >= 0.3 is 6.03 Å². The van der Waals surface area contributed by atoms with Crippen LogP contribution in [0.15, 0.2) is 11.2 Å². The number of hydrogen-bond acceptors (Lipinski definition) is 5. The topological polar surface area (TPSA) is 124 Å². The molecule has 0 aliphatic carbocycles. The van der Waals surface area contributed by atoms with E-state index in [1.54, 1.807) is 0 Å². The van der Waals surface area contributed by atoms with Gasteiger partial charge in [0.15, 0.2) is 5.03 Å². The van der Waals surface area contributed by atoms with Crippen molar-refractivity contribution >= 4 is 31.7 Å². The molecule has 8 nitrogen and oxygen atoms in total. The number of urea groups is 1. The van der Waals surface area contributed by atoms with Crippen LogP contribution in [0.1, 0.15) is 32.1 Å². The molecule has 0 aliphatic rings. The number of carbonyl (C=O) groups is 2. The fraction of sp³-hybridized carbons (Fsp3) is 0.500. The molecular formula is C10H15ClN4O4S. The zero-order chi connectivity index (χ0) is 15.5. The Labute approximate surface area is 120 Å². The van der Waals surface area contributed by atoms with Crippen molar-refractivity contribution in [1.82, 2.24) is 14.9 Å². The van der Waals surface area contributed by atoms with Crippen LogP contribution in [-0.2, 0) is 20.3 Å². The summed E-state index contributed by atoms with van der Waals surface area (Å²) in [6, 6.07) is -1.83. The molecule has 1 atom stereocenters. The van der Waals surface area contributed by atoms with E-state index in [1.807, 2.05) is 12.2 Å². The predicted molar refractivity (Wildman–Crippen MR) is 71.7 cm³/mol. The molecule has 0 spiro atoms. The monoisotopic (exact) mass is 322 g/mol. The zero-order valence-corrected chi connectivity index (χ0v) is 12.5. The highest BCUT2D eigenvalue weighted by Gasteiger charge is 2.24. The van der Waals surface area contributed by atoms with Crippen molar-refractivity contribution < 1.29 is 18.0 Å². The van der Waals surface area contributed by atoms with Crippen LogP contribution in [0.25, 0.3) is 0 Å². The summed E-state index contributed by atoms with van der Waals surface area (Å²) in [5, 5.41) is 1.60. The number of primary amides is 1. The van der Waals surface area contributed by atoms with Crippen LogP contribution in [0.4, 0.5) is 4.79 Å². The smallest absolute Gasteiger partial charge is 0.318 e. The summed E-state index contributed by atoms with van der Waals surface area (Å²) in [5.74, 6) is -0.274. The number of nitrogens with one attached hydrogen (secondary N) is 1. The lowest BCUT2D eigenvalue weighted by molar-refractivity contribution is -0.122. The average Bonchev–Trinajstić information content (AvgIpc) is 2.71. The van der Waals surface area contributed by atoms with Crippen molar-refractivity contribution in [3.05, 3.63) is 12.0 Å². The van der Waals surface area contributed by atoms with Gasteiger partial charge in [0.2, 0.25) is 0 Å². The van der Waals surface area contributed by atoms with Crippen LogP contribution < -0.4 is 11.1 Å². The molecule has 0 aliphatic heterocycles. The van der Waals surface area contributed by atoms with E-state index in [0.29, 0.717) is 18.7 Å². The number of imide groups is 1. The molecule has 1 unspecified atom stereocenters. The standard InChI is InChI=1S/C10H15ClN4O4S/c1-3-4-7-13-8(20(11,18)19)5-15(7)6(2)9(16)14-10(12)17/h5-6H,3-4H2,1-2H3,(H3,12,14,16,17). The van der Waals surface area contributed by atoms with Gasteiger partial charge in [0.25, 0.3) is 15.0 Å². The van der Waals surface area contributed by atoms with Crippen molar-refractivity contribution in [1.29, 1.82) is 0 Å². The largest absolute Gasteiger partial charge is 0.351 e. The Kier molecular flexibility index (Phi) is 5.12. The molecule has 20 heavy (non-hydrogen) atoms. The molecule has 10 heteroatoms. The average molecular weight is 323 g/mol. The van der Waals surface area contributed by atoms with E-state index >= 15 is 0 Å². The van der Waals surface area contributed by atoms with Gasteiger partial charge in [-0.05, 0) is 13.3 Å². The SMILES string of the molecule is CCCc1nc(S(=O)(=O)Cl)cn1C(C)C(=O)NC(N)=O. The van der Waals surface area contributed by atoms with E-state index in [-0.39, 0.29) is 5.03 Å². The van der Waals surface area contributed by atoms with Gasteiger partial charge in [-0.1, -0.05) is 6.92 Å².